The average Bonchev–Trinajstić information content (AvgIpc) is 2.91. The number of alkyl halides is 1. The van der Waals surface area contributed by atoms with Crippen LogP contribution in [0.15, 0.2) is 65.6 Å². The predicted octanol–water partition coefficient (Wildman–Crippen LogP) is 3.91. The average molecular weight is 450 g/mol. The minimum atomic E-state index is -3.46. The van der Waals surface area contributed by atoms with Crippen LogP contribution in [-0.4, -0.2) is 35.8 Å². The molecule has 0 saturated carbocycles. The molecule has 6 heteroatoms. The Balaban J connectivity index is 1.85. The summed E-state index contributed by atoms with van der Waals surface area (Å²) in [6.45, 7) is 4.81. The summed E-state index contributed by atoms with van der Waals surface area (Å²) >= 11 is 3.62. The van der Waals surface area contributed by atoms with Crippen molar-refractivity contribution in [2.45, 2.75) is 29.6 Å². The van der Waals surface area contributed by atoms with Crippen molar-refractivity contribution in [3.05, 3.63) is 66.2 Å². The zero-order valence-electron chi connectivity index (χ0n) is 15.5. The highest BCUT2D eigenvalue weighted by atomic mass is 79.9. The molecule has 1 aliphatic heterocycles. The molecule has 0 unspecified atom stereocenters. The summed E-state index contributed by atoms with van der Waals surface area (Å²) in [5.41, 5.74) is 1.04. The highest BCUT2D eigenvalue weighted by Crippen LogP contribution is 2.40. The normalized spacial score (nSPS) is 20.9. The Morgan fingerprint density at radius 2 is 1.59 bits per heavy atom. The first-order valence-electron chi connectivity index (χ1n) is 8.98. The fraction of sp³-hybridized carbons (Fsp3) is 0.381. The maximum Gasteiger partial charge on any atom is 0.227 e. The molecule has 2 aromatic rings. The Labute approximate surface area is 169 Å². The van der Waals surface area contributed by atoms with Crippen LogP contribution in [0.5, 0.6) is 0 Å². The van der Waals surface area contributed by atoms with Gasteiger partial charge in [-0.3, -0.25) is 4.79 Å². The number of rotatable bonds is 6. The van der Waals surface area contributed by atoms with Gasteiger partial charge in [-0.05, 0) is 31.5 Å². The van der Waals surface area contributed by atoms with E-state index >= 15 is 0 Å². The third kappa shape index (κ3) is 4.61. The van der Waals surface area contributed by atoms with Crippen LogP contribution >= 0.6 is 15.9 Å². The molecule has 0 aromatic heterocycles. The zero-order chi connectivity index (χ0) is 19.7. The van der Waals surface area contributed by atoms with Crippen LogP contribution in [0, 0.1) is 11.8 Å². The van der Waals surface area contributed by atoms with Crippen molar-refractivity contribution < 1.29 is 13.2 Å². The topological polar surface area (TPSA) is 54.5 Å². The second-order valence-electron chi connectivity index (χ2n) is 7.60. The predicted molar refractivity (Wildman–Crippen MR) is 110 cm³/mol. The minimum Gasteiger partial charge on any atom is -0.338 e. The van der Waals surface area contributed by atoms with Crippen molar-refractivity contribution in [2.75, 3.05) is 12.3 Å². The van der Waals surface area contributed by atoms with Gasteiger partial charge in [0.1, 0.15) is 0 Å². The third-order valence-electron chi connectivity index (χ3n) is 5.00. The fourth-order valence-electron chi connectivity index (χ4n) is 3.83. The number of halogens is 1. The lowest BCUT2D eigenvalue weighted by Crippen LogP contribution is -2.37. The van der Waals surface area contributed by atoms with E-state index in [0.29, 0.717) is 18.0 Å². The molecule has 1 aliphatic rings. The Morgan fingerprint density at radius 1 is 1.04 bits per heavy atom. The molecule has 27 heavy (non-hydrogen) atoms. The highest BCUT2D eigenvalue weighted by molar-refractivity contribution is 9.10. The molecule has 1 amide bonds. The van der Waals surface area contributed by atoms with E-state index in [-0.39, 0.29) is 23.5 Å². The summed E-state index contributed by atoms with van der Waals surface area (Å²) in [7, 11) is -3.46. The Morgan fingerprint density at radius 3 is 2.15 bits per heavy atom. The number of hydrogen-bond donors (Lipinski definition) is 0. The van der Waals surface area contributed by atoms with Gasteiger partial charge >= 0.3 is 0 Å². The van der Waals surface area contributed by atoms with Crippen LogP contribution in [0.25, 0.3) is 0 Å². The van der Waals surface area contributed by atoms with Crippen molar-refractivity contribution >= 4 is 31.7 Å². The van der Waals surface area contributed by atoms with Crippen molar-refractivity contribution in [1.29, 1.82) is 0 Å². The van der Waals surface area contributed by atoms with E-state index in [1.165, 1.54) is 0 Å². The molecule has 1 saturated heterocycles. The van der Waals surface area contributed by atoms with Gasteiger partial charge in [0.2, 0.25) is 5.91 Å². The van der Waals surface area contributed by atoms with E-state index < -0.39 is 14.2 Å². The summed E-state index contributed by atoms with van der Waals surface area (Å²) < 4.78 is 25.3. The molecule has 2 atom stereocenters. The lowest BCUT2D eigenvalue weighted by atomic mass is 9.86. The first-order valence-corrected chi connectivity index (χ1v) is 11.4. The van der Waals surface area contributed by atoms with Gasteiger partial charge < -0.3 is 4.90 Å². The fourth-order valence-corrected chi connectivity index (χ4v) is 6.03. The molecular weight excluding hydrogens is 426 g/mol. The lowest BCUT2D eigenvalue weighted by Gasteiger charge is -2.28. The van der Waals surface area contributed by atoms with Gasteiger partial charge in [-0.25, -0.2) is 8.42 Å². The molecule has 1 heterocycles. The van der Waals surface area contributed by atoms with Gasteiger partial charge in [-0.2, -0.15) is 0 Å². The molecule has 0 spiro atoms. The summed E-state index contributed by atoms with van der Waals surface area (Å²) in [4.78, 5) is 15.2. The first-order chi connectivity index (χ1) is 12.7. The summed E-state index contributed by atoms with van der Waals surface area (Å²) in [5.74, 6) is -0.678. The maximum atomic E-state index is 13.1. The molecule has 2 aromatic carbocycles. The number of carbonyl (C=O) groups excluding carboxylic acids is 1. The van der Waals surface area contributed by atoms with Gasteiger partial charge in [0.25, 0.3) is 0 Å². The lowest BCUT2D eigenvalue weighted by molar-refractivity contribution is -0.132. The third-order valence-corrected chi connectivity index (χ3v) is 7.35. The van der Waals surface area contributed by atoms with Crippen LogP contribution < -0.4 is 0 Å². The minimum absolute atomic E-state index is 0.00832. The van der Waals surface area contributed by atoms with Crippen molar-refractivity contribution in [3.8, 4) is 0 Å². The van der Waals surface area contributed by atoms with E-state index in [2.05, 4.69) is 15.9 Å². The maximum absolute atomic E-state index is 13.1. The number of benzene rings is 2. The van der Waals surface area contributed by atoms with E-state index in [9.17, 15) is 13.2 Å². The summed E-state index contributed by atoms with van der Waals surface area (Å²) in [6.07, 6.45) is 0. The molecule has 0 bridgehead atoms. The summed E-state index contributed by atoms with van der Waals surface area (Å²) in [5, 5.41) is 0. The first kappa shape index (κ1) is 20.1. The molecule has 0 N–H and O–H groups in total. The SMILES string of the molecule is CC(C)(Br)[C@H]1C(=O)N(Cc2ccccc2)C[C@@H]1CS(=O)(=O)c1ccccc1. The van der Waals surface area contributed by atoms with Gasteiger partial charge in [0.15, 0.2) is 9.84 Å². The van der Waals surface area contributed by atoms with E-state index in [1.807, 2.05) is 44.2 Å². The summed E-state index contributed by atoms with van der Waals surface area (Å²) in [6, 6.07) is 18.3. The van der Waals surface area contributed by atoms with Gasteiger partial charge in [-0.1, -0.05) is 64.5 Å². The van der Waals surface area contributed by atoms with Crippen molar-refractivity contribution in [3.63, 3.8) is 0 Å². The second kappa shape index (κ2) is 7.76. The highest BCUT2D eigenvalue weighted by Gasteiger charge is 2.48. The smallest absolute Gasteiger partial charge is 0.227 e. The van der Waals surface area contributed by atoms with Crippen LogP contribution in [0.1, 0.15) is 19.4 Å². The van der Waals surface area contributed by atoms with Crippen LogP contribution in [0.4, 0.5) is 0 Å². The molecule has 144 valence electrons. The van der Waals surface area contributed by atoms with Gasteiger partial charge in [-0.15, -0.1) is 0 Å². The van der Waals surface area contributed by atoms with E-state index in [4.69, 9.17) is 0 Å². The number of amides is 1. The molecule has 0 aliphatic carbocycles. The zero-order valence-corrected chi connectivity index (χ0v) is 17.9. The molecule has 4 nitrogen and oxygen atoms in total. The Bertz CT molecular complexity index is 892. The van der Waals surface area contributed by atoms with Gasteiger partial charge in [0, 0.05) is 23.3 Å². The molecular formula is C21H24BrNO3S. The quantitative estimate of drug-likeness (QED) is 0.628. The standard InChI is InChI=1S/C21H24BrNO3S/c1-21(2,22)19-17(15-27(25,26)18-11-7-4-8-12-18)14-23(20(19)24)13-16-9-5-3-6-10-16/h3-12,17,19H,13-15H2,1-2H3/t17-,19-/m1/s1. The number of hydrogen-bond acceptors (Lipinski definition) is 3. The Kier molecular flexibility index (Phi) is 5.77. The number of likely N-dealkylation sites (tertiary alicyclic amines) is 1. The van der Waals surface area contributed by atoms with Crippen LogP contribution in [0.2, 0.25) is 0 Å². The second-order valence-corrected chi connectivity index (χ2v) is 11.7. The van der Waals surface area contributed by atoms with Crippen molar-refractivity contribution in [2.24, 2.45) is 11.8 Å². The van der Waals surface area contributed by atoms with Crippen LogP contribution in [0.3, 0.4) is 0 Å². The largest absolute Gasteiger partial charge is 0.338 e. The number of carbonyl (C=O) groups is 1. The van der Waals surface area contributed by atoms with Crippen molar-refractivity contribution in [1.82, 2.24) is 4.90 Å². The number of sulfone groups is 1. The molecule has 3 rings (SSSR count). The van der Waals surface area contributed by atoms with E-state index in [0.717, 1.165) is 5.56 Å². The van der Waals surface area contributed by atoms with Gasteiger partial charge in [0.05, 0.1) is 16.6 Å². The molecule has 1 fully saturated rings. The van der Waals surface area contributed by atoms with E-state index in [1.54, 1.807) is 35.2 Å². The number of nitrogens with zero attached hydrogens (tertiary/aromatic N) is 1. The Hall–Kier alpha value is -1.66. The monoisotopic (exact) mass is 449 g/mol. The molecule has 0 radical (unpaired) electrons. The van der Waals surface area contributed by atoms with Crippen LogP contribution in [-0.2, 0) is 21.2 Å².